The fraction of sp³-hybridized carbons (Fsp3) is 0.310. The highest BCUT2D eigenvalue weighted by Gasteiger charge is 2.32. The smallest absolute Gasteiger partial charge is 0.266 e. The predicted octanol–water partition coefficient (Wildman–Crippen LogP) is 7.08. The van der Waals surface area contributed by atoms with Crippen LogP contribution in [0.15, 0.2) is 54.9 Å². The number of pyridine rings is 1. The molecule has 0 atom stereocenters. The van der Waals surface area contributed by atoms with Crippen LogP contribution < -0.4 is 10.1 Å². The molecule has 1 aliphatic rings. The summed E-state index contributed by atoms with van der Waals surface area (Å²) in [7, 11) is 3.57. The Morgan fingerprint density at radius 1 is 1.11 bits per heavy atom. The number of benzene rings is 2. The van der Waals surface area contributed by atoms with E-state index in [2.05, 4.69) is 10.3 Å². The quantitative estimate of drug-likeness (QED) is 0.265. The molecule has 1 N–H and O–H groups in total. The number of ether oxygens (including phenoxy) is 1. The van der Waals surface area contributed by atoms with E-state index < -0.39 is 11.6 Å². The Hall–Kier alpha value is -3.07. The third kappa shape index (κ3) is 5.13. The first-order chi connectivity index (χ1) is 18.4. The van der Waals surface area contributed by atoms with E-state index >= 15 is 0 Å². The Kier molecular flexibility index (Phi) is 7.93. The minimum absolute atomic E-state index is 0.0328. The maximum absolute atomic E-state index is 14.6. The third-order valence-electron chi connectivity index (χ3n) is 7.29. The number of nitrogens with zero attached hydrogens (tertiary/aromatic N) is 2. The van der Waals surface area contributed by atoms with Gasteiger partial charge in [0.2, 0.25) is 0 Å². The van der Waals surface area contributed by atoms with E-state index in [1.54, 1.807) is 19.5 Å². The van der Waals surface area contributed by atoms with Crippen molar-refractivity contribution in [3.8, 4) is 16.9 Å². The number of carbonyl (C=O) groups excluding carboxylic acids is 1. The molecule has 0 bridgehead atoms. The Morgan fingerprint density at radius 2 is 1.82 bits per heavy atom. The van der Waals surface area contributed by atoms with Crippen LogP contribution in [-0.4, -0.2) is 42.0 Å². The first kappa shape index (κ1) is 26.5. The molecule has 0 saturated heterocycles. The molecule has 0 radical (unpaired) electrons. The minimum Gasteiger partial charge on any atom is -0.496 e. The normalized spacial score (nSPS) is 17.5. The van der Waals surface area contributed by atoms with Crippen LogP contribution in [0.2, 0.25) is 5.02 Å². The lowest BCUT2D eigenvalue weighted by Crippen LogP contribution is -2.44. The van der Waals surface area contributed by atoms with Gasteiger partial charge in [-0.25, -0.2) is 8.78 Å². The molecule has 9 heteroatoms. The lowest BCUT2D eigenvalue weighted by Gasteiger charge is -2.37. The second-order valence-electron chi connectivity index (χ2n) is 9.48. The summed E-state index contributed by atoms with van der Waals surface area (Å²) in [5, 5.41) is 3.25. The highest BCUT2D eigenvalue weighted by Crippen LogP contribution is 2.40. The van der Waals surface area contributed by atoms with Crippen molar-refractivity contribution < 1.29 is 18.3 Å². The van der Waals surface area contributed by atoms with Crippen molar-refractivity contribution in [2.75, 3.05) is 14.2 Å². The lowest BCUT2D eigenvalue weighted by molar-refractivity contribution is 0.0606. The van der Waals surface area contributed by atoms with Crippen molar-refractivity contribution in [2.45, 2.75) is 44.3 Å². The zero-order chi connectivity index (χ0) is 26.8. The number of nitrogens with one attached hydrogen (secondary N) is 1. The Bertz CT molecular complexity index is 1460. The van der Waals surface area contributed by atoms with Crippen molar-refractivity contribution in [3.05, 3.63) is 82.0 Å². The number of methoxy groups -OCH3 is 1. The summed E-state index contributed by atoms with van der Waals surface area (Å²) in [5.41, 5.74) is 2.75. The van der Waals surface area contributed by atoms with E-state index in [1.807, 2.05) is 42.3 Å². The van der Waals surface area contributed by atoms with Gasteiger partial charge in [0.1, 0.15) is 22.3 Å². The maximum atomic E-state index is 14.6. The summed E-state index contributed by atoms with van der Waals surface area (Å²) in [4.78, 5) is 20.1. The number of carbonyl (C=O) groups is 1. The number of amides is 1. The van der Waals surface area contributed by atoms with Gasteiger partial charge in [0, 0.05) is 36.6 Å². The van der Waals surface area contributed by atoms with Crippen molar-refractivity contribution in [1.29, 1.82) is 0 Å². The van der Waals surface area contributed by atoms with Gasteiger partial charge in [0.05, 0.1) is 22.2 Å². The molecule has 0 spiro atoms. The van der Waals surface area contributed by atoms with Gasteiger partial charge in [0.15, 0.2) is 0 Å². The third-order valence-corrected chi connectivity index (χ3v) is 8.97. The average Bonchev–Trinajstić information content (AvgIpc) is 3.32. The first-order valence-corrected chi connectivity index (χ1v) is 13.7. The summed E-state index contributed by atoms with van der Waals surface area (Å²) < 4.78 is 34.7. The number of thiophene rings is 1. The Morgan fingerprint density at radius 3 is 2.47 bits per heavy atom. The number of rotatable bonds is 7. The van der Waals surface area contributed by atoms with E-state index in [1.165, 1.54) is 0 Å². The van der Waals surface area contributed by atoms with Crippen molar-refractivity contribution in [3.63, 3.8) is 0 Å². The van der Waals surface area contributed by atoms with Crippen LogP contribution in [0.5, 0.6) is 5.75 Å². The summed E-state index contributed by atoms with van der Waals surface area (Å²) in [6, 6.07) is 12.1. The molecule has 198 valence electrons. The lowest BCUT2D eigenvalue weighted by atomic mass is 9.89. The van der Waals surface area contributed by atoms with E-state index in [-0.39, 0.29) is 31.9 Å². The number of aromatic nitrogens is 1. The van der Waals surface area contributed by atoms with E-state index in [0.717, 1.165) is 65.8 Å². The van der Waals surface area contributed by atoms with Crippen LogP contribution in [-0.2, 0) is 6.54 Å². The van der Waals surface area contributed by atoms with Crippen LogP contribution in [0.3, 0.4) is 0 Å². The van der Waals surface area contributed by atoms with E-state index in [4.69, 9.17) is 16.3 Å². The predicted molar refractivity (Wildman–Crippen MR) is 148 cm³/mol. The van der Waals surface area contributed by atoms with Gasteiger partial charge in [-0.3, -0.25) is 9.78 Å². The molecule has 5 nitrogen and oxygen atoms in total. The van der Waals surface area contributed by atoms with Crippen LogP contribution >= 0.6 is 22.9 Å². The Balaban J connectivity index is 1.54. The summed E-state index contributed by atoms with van der Waals surface area (Å²) >= 11 is 7.44. The van der Waals surface area contributed by atoms with E-state index in [9.17, 15) is 13.6 Å². The number of halogens is 3. The molecule has 0 aliphatic heterocycles. The van der Waals surface area contributed by atoms with Crippen molar-refractivity contribution >= 4 is 38.9 Å². The maximum Gasteiger partial charge on any atom is 0.266 e. The fourth-order valence-corrected chi connectivity index (χ4v) is 6.72. The standard InChI is InChI=1S/C29H28ClF2N3O2S/c1-33-19-4-6-20(7-5-19)35(29(36)28-26(30)25-22(31)8-9-23(32)27(25)38-28)16-17-3-10-24(37-2)21(15-17)18-11-13-34-14-12-18/h3,8-15,19-20,33H,4-7,16H2,1-2H3/t19-,20-. The molecule has 38 heavy (non-hydrogen) atoms. The zero-order valence-corrected chi connectivity index (χ0v) is 22.7. The monoisotopic (exact) mass is 555 g/mol. The topological polar surface area (TPSA) is 54.5 Å². The molecule has 2 aromatic heterocycles. The number of fused-ring (bicyclic) bond motifs is 1. The molecule has 2 aromatic carbocycles. The molecular weight excluding hydrogens is 528 g/mol. The van der Waals surface area contributed by atoms with Gasteiger partial charge in [-0.05, 0) is 80.3 Å². The van der Waals surface area contributed by atoms with Crippen molar-refractivity contribution in [1.82, 2.24) is 15.2 Å². The Labute approximate surface area is 229 Å². The molecule has 2 heterocycles. The van der Waals surface area contributed by atoms with Crippen molar-refractivity contribution in [2.24, 2.45) is 0 Å². The average molecular weight is 556 g/mol. The number of hydrogen-bond acceptors (Lipinski definition) is 5. The van der Waals surface area contributed by atoms with Gasteiger partial charge in [-0.15, -0.1) is 11.3 Å². The largest absolute Gasteiger partial charge is 0.496 e. The summed E-state index contributed by atoms with van der Waals surface area (Å²) in [6.07, 6.45) is 6.93. The molecule has 1 aliphatic carbocycles. The minimum atomic E-state index is -0.639. The van der Waals surface area contributed by atoms with E-state index in [0.29, 0.717) is 18.3 Å². The van der Waals surface area contributed by atoms with Crippen LogP contribution in [0, 0.1) is 11.6 Å². The van der Waals surface area contributed by atoms with Gasteiger partial charge in [-0.2, -0.15) is 0 Å². The first-order valence-electron chi connectivity index (χ1n) is 12.5. The molecule has 0 unspecified atom stereocenters. The molecular formula is C29H28ClF2N3O2S. The van der Waals surface area contributed by atoms with Gasteiger partial charge in [-0.1, -0.05) is 17.7 Å². The van der Waals surface area contributed by atoms with Crippen LogP contribution in [0.4, 0.5) is 8.78 Å². The summed E-state index contributed by atoms with van der Waals surface area (Å²) in [5.74, 6) is -0.833. The molecule has 1 saturated carbocycles. The van der Waals surface area contributed by atoms with Gasteiger partial charge >= 0.3 is 0 Å². The van der Waals surface area contributed by atoms with Gasteiger partial charge < -0.3 is 15.0 Å². The van der Waals surface area contributed by atoms with Crippen LogP contribution in [0.25, 0.3) is 21.2 Å². The zero-order valence-electron chi connectivity index (χ0n) is 21.1. The SMILES string of the molecule is CN[C@H]1CC[C@H](N(Cc2ccc(OC)c(-c3ccncc3)c2)C(=O)c2sc3c(F)ccc(F)c3c2Cl)CC1. The highest BCUT2D eigenvalue weighted by molar-refractivity contribution is 7.21. The fourth-order valence-electron chi connectivity index (χ4n) is 5.22. The summed E-state index contributed by atoms with van der Waals surface area (Å²) in [6.45, 7) is 0.325. The molecule has 5 rings (SSSR count). The molecule has 4 aromatic rings. The van der Waals surface area contributed by atoms with Gasteiger partial charge in [0.25, 0.3) is 5.91 Å². The number of hydrogen-bond donors (Lipinski definition) is 1. The second-order valence-corrected chi connectivity index (χ2v) is 10.9. The van der Waals surface area contributed by atoms with Crippen LogP contribution in [0.1, 0.15) is 40.9 Å². The molecule has 1 fully saturated rings. The second kappa shape index (κ2) is 11.4. The highest BCUT2D eigenvalue weighted by atomic mass is 35.5. The molecule has 1 amide bonds.